The molecule has 1 aliphatic heterocycles. The van der Waals surface area contributed by atoms with E-state index < -0.39 is 5.60 Å². The highest BCUT2D eigenvalue weighted by Gasteiger charge is 2.27. The van der Waals surface area contributed by atoms with Gasteiger partial charge in [-0.3, -0.25) is 9.67 Å². The number of carbonyl (C=O) groups excluding carboxylic acids is 1. The lowest BCUT2D eigenvalue weighted by Gasteiger charge is -2.33. The molecule has 1 atom stereocenters. The molecule has 1 aromatic heterocycles. The average Bonchev–Trinajstić information content (AvgIpc) is 2.90. The van der Waals surface area contributed by atoms with E-state index in [0.717, 1.165) is 50.6 Å². The Morgan fingerprint density at radius 1 is 1.30 bits per heavy atom. The first-order chi connectivity index (χ1) is 14.0. The van der Waals surface area contributed by atoms with Crippen LogP contribution in [0.1, 0.15) is 57.5 Å². The molecule has 1 aliphatic rings. The summed E-state index contributed by atoms with van der Waals surface area (Å²) < 4.78 is 7.41. The molecule has 0 bridgehead atoms. The third-order valence-corrected chi connectivity index (χ3v) is 5.60. The van der Waals surface area contributed by atoms with Crippen molar-refractivity contribution in [1.29, 1.82) is 0 Å². The highest BCUT2D eigenvalue weighted by atomic mass is 16.6. The zero-order valence-corrected chi connectivity index (χ0v) is 20.0. The lowest BCUT2D eigenvalue weighted by Crippen LogP contribution is -2.47. The van der Waals surface area contributed by atoms with Crippen LogP contribution in [0.15, 0.2) is 4.99 Å². The number of hydrogen-bond acceptors (Lipinski definition) is 4. The Bertz CT molecular complexity index is 742. The number of ether oxygens (including phenoxy) is 1. The van der Waals surface area contributed by atoms with Crippen LogP contribution in [0, 0.1) is 19.8 Å². The predicted molar refractivity (Wildman–Crippen MR) is 121 cm³/mol. The van der Waals surface area contributed by atoms with E-state index in [1.54, 1.807) is 7.05 Å². The highest BCUT2D eigenvalue weighted by molar-refractivity contribution is 5.80. The maximum absolute atomic E-state index is 12.2. The fourth-order valence-corrected chi connectivity index (χ4v) is 3.79. The molecule has 2 heterocycles. The number of nitrogens with zero attached hydrogens (tertiary/aromatic N) is 4. The van der Waals surface area contributed by atoms with Crippen molar-refractivity contribution in [2.45, 2.75) is 72.4 Å². The molecule has 1 amide bonds. The zero-order valence-electron chi connectivity index (χ0n) is 20.0. The Morgan fingerprint density at radius 3 is 2.43 bits per heavy atom. The highest BCUT2D eigenvalue weighted by Crippen LogP contribution is 2.19. The minimum Gasteiger partial charge on any atom is -0.444 e. The van der Waals surface area contributed by atoms with Gasteiger partial charge in [0, 0.05) is 45.5 Å². The summed E-state index contributed by atoms with van der Waals surface area (Å²) in [6.45, 7) is 14.4. The number of hydrogen-bond donors (Lipinski definition) is 2. The number of aliphatic imine (C=N–C) groups is 1. The molecule has 0 aromatic carbocycles. The van der Waals surface area contributed by atoms with E-state index in [4.69, 9.17) is 4.74 Å². The van der Waals surface area contributed by atoms with E-state index in [0.29, 0.717) is 5.92 Å². The molecule has 0 spiro atoms. The van der Waals surface area contributed by atoms with Gasteiger partial charge in [0.05, 0.1) is 5.69 Å². The lowest BCUT2D eigenvalue weighted by molar-refractivity contribution is 0.0185. The number of amides is 1. The summed E-state index contributed by atoms with van der Waals surface area (Å²) >= 11 is 0. The van der Waals surface area contributed by atoms with Gasteiger partial charge in [0.1, 0.15) is 5.60 Å². The predicted octanol–water partition coefficient (Wildman–Crippen LogP) is 2.78. The molecular formula is C22H40N6O2. The van der Waals surface area contributed by atoms with Crippen LogP contribution < -0.4 is 10.6 Å². The van der Waals surface area contributed by atoms with Crippen LogP contribution in [0.5, 0.6) is 0 Å². The van der Waals surface area contributed by atoms with E-state index >= 15 is 0 Å². The maximum Gasteiger partial charge on any atom is 0.410 e. The van der Waals surface area contributed by atoms with Crippen molar-refractivity contribution in [3.05, 3.63) is 17.0 Å². The first-order valence-electron chi connectivity index (χ1n) is 10.9. The standard InChI is InChI=1S/C22H40N6O2/c1-15(13-19-16(2)26-27(8)17(19)3)25-20(23-7)24-14-18-9-11-28(12-10-18)21(29)30-22(4,5)6/h15,18H,9-14H2,1-8H3,(H2,23,24,25). The summed E-state index contributed by atoms with van der Waals surface area (Å²) in [5.74, 6) is 1.33. The number of nitrogens with one attached hydrogen (secondary N) is 2. The van der Waals surface area contributed by atoms with Crippen molar-refractivity contribution in [3.63, 3.8) is 0 Å². The third-order valence-electron chi connectivity index (χ3n) is 5.60. The number of rotatable bonds is 5. The third kappa shape index (κ3) is 6.92. The Kier molecular flexibility index (Phi) is 8.15. The van der Waals surface area contributed by atoms with E-state index in [9.17, 15) is 4.79 Å². The largest absolute Gasteiger partial charge is 0.444 e. The summed E-state index contributed by atoms with van der Waals surface area (Å²) in [5, 5.41) is 11.4. The van der Waals surface area contributed by atoms with Gasteiger partial charge in [-0.2, -0.15) is 5.10 Å². The number of likely N-dealkylation sites (tertiary alicyclic amines) is 1. The second kappa shape index (κ2) is 10.2. The SMILES string of the molecule is CN=C(NCC1CCN(C(=O)OC(C)(C)C)CC1)NC(C)Cc1c(C)nn(C)c1C. The van der Waals surface area contributed by atoms with Gasteiger partial charge in [0.25, 0.3) is 0 Å². The lowest BCUT2D eigenvalue weighted by atomic mass is 9.97. The van der Waals surface area contributed by atoms with Crippen LogP contribution in [0.25, 0.3) is 0 Å². The number of aryl methyl sites for hydroxylation is 2. The topological polar surface area (TPSA) is 83.8 Å². The summed E-state index contributed by atoms with van der Waals surface area (Å²) in [7, 11) is 3.78. The smallest absolute Gasteiger partial charge is 0.410 e. The molecule has 1 unspecified atom stereocenters. The van der Waals surface area contributed by atoms with Crippen molar-refractivity contribution in [2.75, 3.05) is 26.7 Å². The van der Waals surface area contributed by atoms with E-state index in [-0.39, 0.29) is 12.1 Å². The maximum atomic E-state index is 12.2. The number of carbonyl (C=O) groups is 1. The van der Waals surface area contributed by atoms with Crippen molar-refractivity contribution < 1.29 is 9.53 Å². The van der Waals surface area contributed by atoms with Gasteiger partial charge >= 0.3 is 6.09 Å². The molecule has 0 radical (unpaired) electrons. The molecule has 0 saturated carbocycles. The first kappa shape index (κ1) is 24.0. The Labute approximate surface area is 181 Å². The molecule has 1 saturated heterocycles. The molecule has 8 heteroatoms. The van der Waals surface area contributed by atoms with Crippen LogP contribution >= 0.6 is 0 Å². The molecule has 8 nitrogen and oxygen atoms in total. The molecule has 2 rings (SSSR count). The van der Waals surface area contributed by atoms with Crippen molar-refractivity contribution in [1.82, 2.24) is 25.3 Å². The van der Waals surface area contributed by atoms with Crippen LogP contribution in [0.4, 0.5) is 4.79 Å². The van der Waals surface area contributed by atoms with Crippen LogP contribution in [0.3, 0.4) is 0 Å². The second-order valence-corrected chi connectivity index (χ2v) is 9.39. The minimum absolute atomic E-state index is 0.207. The number of piperidine rings is 1. The number of aromatic nitrogens is 2. The summed E-state index contributed by atoms with van der Waals surface area (Å²) in [6, 6.07) is 0.242. The molecule has 0 aliphatic carbocycles. The normalized spacial score (nSPS) is 17.1. The Balaban J connectivity index is 1.76. The minimum atomic E-state index is -0.447. The van der Waals surface area contributed by atoms with Gasteiger partial charge in [-0.25, -0.2) is 4.79 Å². The van der Waals surface area contributed by atoms with Crippen molar-refractivity contribution >= 4 is 12.1 Å². The van der Waals surface area contributed by atoms with Gasteiger partial charge in [-0.1, -0.05) is 0 Å². The average molecular weight is 421 g/mol. The van der Waals surface area contributed by atoms with Gasteiger partial charge in [0.15, 0.2) is 5.96 Å². The molecule has 1 fully saturated rings. The van der Waals surface area contributed by atoms with Gasteiger partial charge in [-0.05, 0) is 72.3 Å². The van der Waals surface area contributed by atoms with E-state index in [1.807, 2.05) is 37.4 Å². The van der Waals surface area contributed by atoms with Crippen molar-refractivity contribution in [2.24, 2.45) is 18.0 Å². The molecule has 170 valence electrons. The summed E-state index contributed by atoms with van der Waals surface area (Å²) in [6.07, 6.45) is 2.63. The first-order valence-corrected chi connectivity index (χ1v) is 10.9. The van der Waals surface area contributed by atoms with Gasteiger partial charge < -0.3 is 20.3 Å². The zero-order chi connectivity index (χ0) is 22.5. The molecular weight excluding hydrogens is 380 g/mol. The molecule has 1 aromatic rings. The Morgan fingerprint density at radius 2 is 1.93 bits per heavy atom. The van der Waals surface area contributed by atoms with Crippen LogP contribution in [-0.2, 0) is 18.2 Å². The monoisotopic (exact) mass is 420 g/mol. The summed E-state index contributed by atoms with van der Waals surface area (Å²) in [5.41, 5.74) is 3.14. The van der Waals surface area contributed by atoms with Crippen LogP contribution in [0.2, 0.25) is 0 Å². The number of guanidine groups is 1. The quantitative estimate of drug-likeness (QED) is 0.565. The van der Waals surface area contributed by atoms with Gasteiger partial charge in [-0.15, -0.1) is 0 Å². The van der Waals surface area contributed by atoms with Gasteiger partial charge in [0.2, 0.25) is 0 Å². The van der Waals surface area contributed by atoms with E-state index in [1.165, 1.54) is 11.3 Å². The summed E-state index contributed by atoms with van der Waals surface area (Å²) in [4.78, 5) is 18.4. The second-order valence-electron chi connectivity index (χ2n) is 9.39. The fourth-order valence-electron chi connectivity index (χ4n) is 3.79. The Hall–Kier alpha value is -2.25. The van der Waals surface area contributed by atoms with E-state index in [2.05, 4.69) is 41.5 Å². The fraction of sp³-hybridized carbons (Fsp3) is 0.773. The van der Waals surface area contributed by atoms with Crippen molar-refractivity contribution in [3.8, 4) is 0 Å². The van der Waals surface area contributed by atoms with Crippen LogP contribution in [-0.4, -0.2) is 65.1 Å². The molecule has 30 heavy (non-hydrogen) atoms. The molecule has 2 N–H and O–H groups in total.